The van der Waals surface area contributed by atoms with Crippen LogP contribution in [-0.4, -0.2) is 36.9 Å². The van der Waals surface area contributed by atoms with Crippen LogP contribution in [0.2, 0.25) is 0 Å². The van der Waals surface area contributed by atoms with Gasteiger partial charge in [0.25, 0.3) is 5.91 Å². The minimum absolute atomic E-state index is 0.242. The molecule has 2 aliphatic heterocycles. The first-order chi connectivity index (χ1) is 10.1. The van der Waals surface area contributed by atoms with Crippen molar-refractivity contribution in [2.75, 3.05) is 23.7 Å². The second-order valence-electron chi connectivity index (χ2n) is 5.09. The molecule has 7 nitrogen and oxygen atoms in total. The lowest BCUT2D eigenvalue weighted by Gasteiger charge is -2.23. The minimum Gasteiger partial charge on any atom is -0.382 e. The van der Waals surface area contributed by atoms with Crippen molar-refractivity contribution in [3.05, 3.63) is 23.8 Å². The first kappa shape index (κ1) is 13.4. The lowest BCUT2D eigenvalue weighted by molar-refractivity contribution is -0.134. The number of anilines is 2. The summed E-state index contributed by atoms with van der Waals surface area (Å²) < 4.78 is 0. The van der Waals surface area contributed by atoms with Crippen molar-refractivity contribution in [3.8, 4) is 0 Å². The molecule has 1 atom stereocenters. The number of piperidine rings is 1. The number of hydrogen-bond donors (Lipinski definition) is 4. The largest absolute Gasteiger partial charge is 0.382 e. The molecule has 1 unspecified atom stereocenters. The summed E-state index contributed by atoms with van der Waals surface area (Å²) in [4.78, 5) is 34.9. The second-order valence-corrected chi connectivity index (χ2v) is 5.09. The average Bonchev–Trinajstić information content (AvgIpc) is 2.49. The van der Waals surface area contributed by atoms with Crippen molar-refractivity contribution in [2.24, 2.45) is 0 Å². The average molecular weight is 288 g/mol. The third-order valence-corrected chi connectivity index (χ3v) is 3.58. The Balaban J connectivity index is 1.70. The van der Waals surface area contributed by atoms with Crippen LogP contribution in [0.1, 0.15) is 23.2 Å². The molecule has 0 radical (unpaired) electrons. The van der Waals surface area contributed by atoms with E-state index in [9.17, 15) is 14.4 Å². The lowest BCUT2D eigenvalue weighted by Crippen LogP contribution is -2.52. The Morgan fingerprint density at radius 2 is 1.90 bits per heavy atom. The molecule has 3 rings (SSSR count). The number of fused-ring (bicyclic) bond motifs is 1. The van der Waals surface area contributed by atoms with Crippen LogP contribution in [0, 0.1) is 0 Å². The molecule has 0 saturated carbocycles. The van der Waals surface area contributed by atoms with Crippen LogP contribution in [0.15, 0.2) is 18.2 Å². The third kappa shape index (κ3) is 2.81. The quantitative estimate of drug-likeness (QED) is 0.577. The van der Waals surface area contributed by atoms with E-state index in [1.807, 2.05) is 6.07 Å². The summed E-state index contributed by atoms with van der Waals surface area (Å²) in [6, 6.07) is 4.64. The Morgan fingerprint density at radius 3 is 2.67 bits per heavy atom. The van der Waals surface area contributed by atoms with E-state index >= 15 is 0 Å². The summed E-state index contributed by atoms with van der Waals surface area (Å²) in [5.41, 5.74) is 2.31. The van der Waals surface area contributed by atoms with Gasteiger partial charge in [0, 0.05) is 25.1 Å². The van der Waals surface area contributed by atoms with E-state index in [1.54, 1.807) is 12.1 Å². The van der Waals surface area contributed by atoms with Crippen molar-refractivity contribution >= 4 is 29.1 Å². The van der Waals surface area contributed by atoms with Crippen LogP contribution in [-0.2, 0) is 9.59 Å². The SMILES string of the molecule is O=C1CCC(NC(=O)c2ccc3c(c2)NCCN3)C(=O)N1. The van der Waals surface area contributed by atoms with E-state index in [-0.39, 0.29) is 18.2 Å². The van der Waals surface area contributed by atoms with Gasteiger partial charge in [0.1, 0.15) is 6.04 Å². The van der Waals surface area contributed by atoms with Crippen molar-refractivity contribution in [2.45, 2.75) is 18.9 Å². The lowest BCUT2D eigenvalue weighted by atomic mass is 10.0. The first-order valence-corrected chi connectivity index (χ1v) is 6.90. The maximum absolute atomic E-state index is 12.2. The summed E-state index contributed by atoms with van der Waals surface area (Å²) >= 11 is 0. The standard InChI is InChI=1S/C14H16N4O3/c19-12-4-3-10(14(21)18-12)17-13(20)8-1-2-9-11(7-8)16-6-5-15-9/h1-2,7,10,15-16H,3-6H2,(H,17,20)(H,18,19,21). The number of imide groups is 1. The zero-order chi connectivity index (χ0) is 14.8. The Hall–Kier alpha value is -2.57. The Kier molecular flexibility index (Phi) is 3.47. The van der Waals surface area contributed by atoms with Gasteiger partial charge < -0.3 is 16.0 Å². The number of amides is 3. The van der Waals surface area contributed by atoms with Gasteiger partial charge in [-0.05, 0) is 24.6 Å². The fourth-order valence-electron chi connectivity index (χ4n) is 2.45. The zero-order valence-electron chi connectivity index (χ0n) is 11.4. The first-order valence-electron chi connectivity index (χ1n) is 6.90. The molecule has 21 heavy (non-hydrogen) atoms. The Labute approximate surface area is 121 Å². The minimum atomic E-state index is -0.655. The van der Waals surface area contributed by atoms with Crippen LogP contribution < -0.4 is 21.3 Å². The summed E-state index contributed by atoms with van der Waals surface area (Å²) in [5, 5.41) is 11.3. The normalized spacial score (nSPS) is 20.7. The number of carbonyl (C=O) groups is 3. The molecule has 3 amide bonds. The van der Waals surface area contributed by atoms with E-state index in [1.165, 1.54) is 0 Å². The molecular formula is C14H16N4O3. The summed E-state index contributed by atoms with van der Waals surface area (Å²) in [6.45, 7) is 1.64. The molecule has 1 saturated heterocycles. The topological polar surface area (TPSA) is 99.3 Å². The predicted molar refractivity (Wildman–Crippen MR) is 77.1 cm³/mol. The van der Waals surface area contributed by atoms with Gasteiger partial charge in [0.2, 0.25) is 11.8 Å². The van der Waals surface area contributed by atoms with E-state index in [4.69, 9.17) is 0 Å². The van der Waals surface area contributed by atoms with E-state index in [0.29, 0.717) is 12.0 Å². The van der Waals surface area contributed by atoms with E-state index < -0.39 is 11.9 Å². The molecule has 7 heteroatoms. The Morgan fingerprint density at radius 1 is 1.14 bits per heavy atom. The summed E-state index contributed by atoms with van der Waals surface area (Å²) in [6.07, 6.45) is 0.577. The number of nitrogens with one attached hydrogen (secondary N) is 4. The fourth-order valence-corrected chi connectivity index (χ4v) is 2.45. The number of rotatable bonds is 2. The molecule has 1 aromatic rings. The molecule has 0 spiro atoms. The van der Waals surface area contributed by atoms with Gasteiger partial charge in [-0.25, -0.2) is 0 Å². The van der Waals surface area contributed by atoms with Crippen molar-refractivity contribution in [1.82, 2.24) is 10.6 Å². The molecule has 0 aromatic heterocycles. The fraction of sp³-hybridized carbons (Fsp3) is 0.357. The van der Waals surface area contributed by atoms with Crippen LogP contribution in [0.5, 0.6) is 0 Å². The molecule has 1 fully saturated rings. The molecular weight excluding hydrogens is 272 g/mol. The van der Waals surface area contributed by atoms with Gasteiger partial charge in [0.15, 0.2) is 0 Å². The monoisotopic (exact) mass is 288 g/mol. The molecule has 2 aliphatic rings. The number of benzene rings is 1. The van der Waals surface area contributed by atoms with Crippen molar-refractivity contribution in [3.63, 3.8) is 0 Å². The molecule has 4 N–H and O–H groups in total. The number of carbonyl (C=O) groups excluding carboxylic acids is 3. The van der Waals surface area contributed by atoms with Crippen LogP contribution in [0.4, 0.5) is 11.4 Å². The molecule has 2 heterocycles. The van der Waals surface area contributed by atoms with Crippen molar-refractivity contribution in [1.29, 1.82) is 0 Å². The maximum Gasteiger partial charge on any atom is 0.252 e. The van der Waals surface area contributed by atoms with Gasteiger partial charge in [0.05, 0.1) is 11.4 Å². The van der Waals surface area contributed by atoms with Gasteiger partial charge in [-0.3, -0.25) is 19.7 Å². The van der Waals surface area contributed by atoms with Gasteiger partial charge in [-0.1, -0.05) is 0 Å². The smallest absolute Gasteiger partial charge is 0.252 e. The van der Waals surface area contributed by atoms with Crippen molar-refractivity contribution < 1.29 is 14.4 Å². The highest BCUT2D eigenvalue weighted by Gasteiger charge is 2.28. The van der Waals surface area contributed by atoms with E-state index in [2.05, 4.69) is 21.3 Å². The highest BCUT2D eigenvalue weighted by molar-refractivity contribution is 6.04. The molecule has 1 aromatic carbocycles. The van der Waals surface area contributed by atoms with E-state index in [0.717, 1.165) is 24.5 Å². The zero-order valence-corrected chi connectivity index (χ0v) is 11.4. The van der Waals surface area contributed by atoms with Crippen LogP contribution >= 0.6 is 0 Å². The molecule has 110 valence electrons. The number of hydrogen-bond acceptors (Lipinski definition) is 5. The summed E-state index contributed by atoms with van der Waals surface area (Å²) in [5.74, 6) is -1.06. The summed E-state index contributed by atoms with van der Waals surface area (Å²) in [7, 11) is 0. The third-order valence-electron chi connectivity index (χ3n) is 3.58. The molecule has 0 bridgehead atoms. The van der Waals surface area contributed by atoms with Gasteiger partial charge in [-0.15, -0.1) is 0 Å². The Bertz CT molecular complexity index is 614. The van der Waals surface area contributed by atoms with Gasteiger partial charge >= 0.3 is 0 Å². The maximum atomic E-state index is 12.2. The van der Waals surface area contributed by atoms with Gasteiger partial charge in [-0.2, -0.15) is 0 Å². The molecule has 0 aliphatic carbocycles. The highest BCUT2D eigenvalue weighted by Crippen LogP contribution is 2.25. The second kappa shape index (κ2) is 5.43. The predicted octanol–water partition coefficient (Wildman–Crippen LogP) is 0.0590. The van der Waals surface area contributed by atoms with Crippen LogP contribution in [0.25, 0.3) is 0 Å². The van der Waals surface area contributed by atoms with Crippen LogP contribution in [0.3, 0.4) is 0 Å². The highest BCUT2D eigenvalue weighted by atomic mass is 16.2.